The fourth-order valence-electron chi connectivity index (χ4n) is 1.26. The van der Waals surface area contributed by atoms with Crippen molar-refractivity contribution >= 4 is 23.3 Å². The number of nitrogens with zero attached hydrogens (tertiary/aromatic N) is 1. The van der Waals surface area contributed by atoms with Crippen LogP contribution < -0.4 is 11.1 Å². The molecule has 88 valence electrons. The zero-order valence-corrected chi connectivity index (χ0v) is 9.57. The molecule has 2 heterocycles. The van der Waals surface area contributed by atoms with Crippen LogP contribution in [0.2, 0.25) is 5.02 Å². The number of aromatic nitrogens is 1. The molecule has 0 saturated heterocycles. The van der Waals surface area contributed by atoms with E-state index in [1.807, 2.05) is 0 Å². The lowest BCUT2D eigenvalue weighted by Gasteiger charge is -2.01. The number of anilines is 1. The molecule has 3 N–H and O–H groups in total. The van der Waals surface area contributed by atoms with Crippen LogP contribution >= 0.6 is 11.6 Å². The molecule has 2 rings (SSSR count). The van der Waals surface area contributed by atoms with Crippen LogP contribution in [0.1, 0.15) is 16.3 Å². The van der Waals surface area contributed by atoms with Crippen molar-refractivity contribution in [3.05, 3.63) is 47.0 Å². The maximum absolute atomic E-state index is 11.7. The molecule has 1 amide bonds. The van der Waals surface area contributed by atoms with E-state index >= 15 is 0 Å². The number of carbonyl (C=O) groups is 1. The average molecular weight is 252 g/mol. The molecule has 0 spiro atoms. The molecular weight excluding hydrogens is 242 g/mol. The molecule has 6 heteroatoms. The van der Waals surface area contributed by atoms with Crippen LogP contribution in [0.15, 0.2) is 34.9 Å². The van der Waals surface area contributed by atoms with Gasteiger partial charge >= 0.3 is 0 Å². The van der Waals surface area contributed by atoms with Crippen molar-refractivity contribution in [2.75, 3.05) is 5.32 Å². The fourth-order valence-corrected chi connectivity index (χ4v) is 1.42. The van der Waals surface area contributed by atoms with Crippen molar-refractivity contribution in [1.29, 1.82) is 0 Å². The molecule has 0 bridgehead atoms. The Morgan fingerprint density at radius 3 is 2.94 bits per heavy atom. The number of pyridine rings is 1. The third kappa shape index (κ3) is 2.83. The van der Waals surface area contributed by atoms with Crippen molar-refractivity contribution in [2.45, 2.75) is 6.54 Å². The summed E-state index contributed by atoms with van der Waals surface area (Å²) in [4.78, 5) is 15.7. The van der Waals surface area contributed by atoms with Gasteiger partial charge in [0.15, 0.2) is 5.76 Å². The minimum Gasteiger partial charge on any atom is -0.455 e. The molecule has 0 aliphatic heterocycles. The Bertz CT molecular complexity index is 539. The lowest BCUT2D eigenvalue weighted by Crippen LogP contribution is -2.11. The van der Waals surface area contributed by atoms with Gasteiger partial charge in [0, 0.05) is 11.2 Å². The van der Waals surface area contributed by atoms with Crippen LogP contribution in [0.4, 0.5) is 5.82 Å². The highest BCUT2D eigenvalue weighted by molar-refractivity contribution is 6.30. The minimum absolute atomic E-state index is 0.187. The predicted octanol–water partition coefficient (Wildman–Crippen LogP) is 2.04. The van der Waals surface area contributed by atoms with E-state index < -0.39 is 0 Å². The minimum atomic E-state index is -0.389. The van der Waals surface area contributed by atoms with Crippen LogP contribution in [0, 0.1) is 0 Å². The van der Waals surface area contributed by atoms with Gasteiger partial charge in [-0.05, 0) is 24.3 Å². The second-order valence-corrected chi connectivity index (χ2v) is 3.72. The summed E-state index contributed by atoms with van der Waals surface area (Å²) in [6.07, 6.45) is 1.51. The third-order valence-corrected chi connectivity index (χ3v) is 2.29. The van der Waals surface area contributed by atoms with Crippen molar-refractivity contribution in [3.63, 3.8) is 0 Å². The first kappa shape index (κ1) is 11.6. The number of carbonyl (C=O) groups excluding carboxylic acids is 1. The van der Waals surface area contributed by atoms with Gasteiger partial charge in [-0.25, -0.2) is 4.98 Å². The van der Waals surface area contributed by atoms with Crippen molar-refractivity contribution < 1.29 is 9.21 Å². The molecule has 0 radical (unpaired) electrons. The van der Waals surface area contributed by atoms with Gasteiger partial charge in [-0.3, -0.25) is 4.79 Å². The molecule has 0 aliphatic carbocycles. The lowest BCUT2D eigenvalue weighted by atomic mass is 10.4. The van der Waals surface area contributed by atoms with Crippen LogP contribution in [0.3, 0.4) is 0 Å². The largest absolute Gasteiger partial charge is 0.455 e. The van der Waals surface area contributed by atoms with Crippen LogP contribution in [-0.4, -0.2) is 10.9 Å². The Morgan fingerprint density at radius 1 is 1.47 bits per heavy atom. The molecular formula is C11H10ClN3O2. The summed E-state index contributed by atoms with van der Waals surface area (Å²) in [6, 6.07) is 6.38. The van der Waals surface area contributed by atoms with Gasteiger partial charge in [-0.15, -0.1) is 0 Å². The number of halogens is 1. The predicted molar refractivity (Wildman–Crippen MR) is 63.8 cm³/mol. The van der Waals surface area contributed by atoms with E-state index in [-0.39, 0.29) is 18.2 Å². The van der Waals surface area contributed by atoms with E-state index in [2.05, 4.69) is 10.3 Å². The lowest BCUT2D eigenvalue weighted by molar-refractivity contribution is 0.0994. The van der Waals surface area contributed by atoms with Gasteiger partial charge in [0.2, 0.25) is 0 Å². The quantitative estimate of drug-likeness (QED) is 0.875. The van der Waals surface area contributed by atoms with E-state index in [4.69, 9.17) is 21.8 Å². The van der Waals surface area contributed by atoms with Gasteiger partial charge in [-0.2, -0.15) is 0 Å². The third-order valence-electron chi connectivity index (χ3n) is 2.05. The maximum Gasteiger partial charge on any atom is 0.292 e. The summed E-state index contributed by atoms with van der Waals surface area (Å²) >= 11 is 5.77. The maximum atomic E-state index is 11.7. The number of hydrogen-bond acceptors (Lipinski definition) is 4. The average Bonchev–Trinajstić information content (AvgIpc) is 2.77. The van der Waals surface area contributed by atoms with Gasteiger partial charge in [0.05, 0.1) is 6.54 Å². The van der Waals surface area contributed by atoms with E-state index in [9.17, 15) is 4.79 Å². The highest BCUT2D eigenvalue weighted by atomic mass is 35.5. The molecule has 0 fully saturated rings. The molecule has 2 aromatic heterocycles. The number of rotatable bonds is 3. The van der Waals surface area contributed by atoms with E-state index in [1.54, 1.807) is 24.3 Å². The molecule has 2 aromatic rings. The zero-order valence-electron chi connectivity index (χ0n) is 8.81. The fraction of sp³-hybridized carbons (Fsp3) is 0.0909. The molecule has 0 unspecified atom stereocenters. The number of nitrogens with two attached hydrogens (primary N) is 1. The number of amides is 1. The van der Waals surface area contributed by atoms with Gasteiger partial charge in [0.1, 0.15) is 11.6 Å². The SMILES string of the molecule is NCc1ccc(C(=O)Nc2cc(Cl)ccn2)o1. The van der Waals surface area contributed by atoms with Crippen molar-refractivity contribution in [2.24, 2.45) is 5.73 Å². The summed E-state index contributed by atoms with van der Waals surface area (Å²) in [5, 5.41) is 3.06. The first-order valence-electron chi connectivity index (χ1n) is 4.91. The highest BCUT2D eigenvalue weighted by Crippen LogP contribution is 2.14. The van der Waals surface area contributed by atoms with Crippen LogP contribution in [-0.2, 0) is 6.54 Å². The monoisotopic (exact) mass is 251 g/mol. The van der Waals surface area contributed by atoms with E-state index in [0.717, 1.165) is 0 Å². The van der Waals surface area contributed by atoms with Crippen molar-refractivity contribution in [1.82, 2.24) is 4.98 Å². The highest BCUT2D eigenvalue weighted by Gasteiger charge is 2.11. The van der Waals surface area contributed by atoms with Gasteiger partial charge < -0.3 is 15.5 Å². The first-order chi connectivity index (χ1) is 8.19. The van der Waals surface area contributed by atoms with E-state index in [0.29, 0.717) is 16.6 Å². The first-order valence-corrected chi connectivity index (χ1v) is 5.28. The van der Waals surface area contributed by atoms with Crippen LogP contribution in [0.25, 0.3) is 0 Å². The Labute approximate surface area is 103 Å². The molecule has 0 saturated carbocycles. The topological polar surface area (TPSA) is 81.2 Å². The Balaban J connectivity index is 2.11. The number of hydrogen-bond donors (Lipinski definition) is 2. The molecule has 0 atom stereocenters. The van der Waals surface area contributed by atoms with Crippen LogP contribution in [0.5, 0.6) is 0 Å². The second kappa shape index (κ2) is 4.99. The summed E-state index contributed by atoms with van der Waals surface area (Å²) in [5.74, 6) is 0.717. The Kier molecular flexibility index (Phi) is 3.41. The van der Waals surface area contributed by atoms with Gasteiger partial charge in [-0.1, -0.05) is 11.6 Å². The second-order valence-electron chi connectivity index (χ2n) is 3.28. The summed E-state index contributed by atoms with van der Waals surface area (Å²) in [6.45, 7) is 0.253. The summed E-state index contributed by atoms with van der Waals surface area (Å²) in [7, 11) is 0. The normalized spacial score (nSPS) is 10.2. The van der Waals surface area contributed by atoms with Crippen molar-refractivity contribution in [3.8, 4) is 0 Å². The number of furan rings is 1. The Hall–Kier alpha value is -1.85. The molecule has 17 heavy (non-hydrogen) atoms. The summed E-state index contributed by atoms with van der Waals surface area (Å²) in [5.41, 5.74) is 5.38. The molecule has 0 aliphatic rings. The molecule has 0 aromatic carbocycles. The Morgan fingerprint density at radius 2 is 2.29 bits per heavy atom. The standard InChI is InChI=1S/C11H10ClN3O2/c12-7-3-4-14-10(5-7)15-11(16)9-2-1-8(6-13)17-9/h1-5H,6,13H2,(H,14,15,16). The summed E-state index contributed by atoms with van der Waals surface area (Å²) < 4.78 is 5.20. The zero-order chi connectivity index (χ0) is 12.3. The smallest absolute Gasteiger partial charge is 0.292 e. The number of nitrogens with one attached hydrogen (secondary N) is 1. The van der Waals surface area contributed by atoms with E-state index in [1.165, 1.54) is 6.20 Å². The van der Waals surface area contributed by atoms with Gasteiger partial charge in [0.25, 0.3) is 5.91 Å². The molecule has 5 nitrogen and oxygen atoms in total.